The van der Waals surface area contributed by atoms with Gasteiger partial charge in [0.2, 0.25) is 0 Å². The third-order valence-electron chi connectivity index (χ3n) is 1.93. The van der Waals surface area contributed by atoms with Gasteiger partial charge in [-0.25, -0.2) is 0 Å². The maximum Gasteiger partial charge on any atom is 0.121 e. The Hall–Kier alpha value is -0.720. The average molecular weight is 152 g/mol. The van der Waals surface area contributed by atoms with E-state index in [9.17, 15) is 0 Å². The van der Waals surface area contributed by atoms with Crippen molar-refractivity contribution in [1.29, 1.82) is 0 Å². The fourth-order valence-corrected chi connectivity index (χ4v) is 1.38. The molecule has 1 aliphatic heterocycles. The van der Waals surface area contributed by atoms with Crippen molar-refractivity contribution in [1.82, 2.24) is 0 Å². The van der Waals surface area contributed by atoms with E-state index in [1.165, 1.54) is 16.7 Å². The van der Waals surface area contributed by atoms with Gasteiger partial charge in [0.05, 0.1) is 6.61 Å². The summed E-state index contributed by atoms with van der Waals surface area (Å²) in [6.07, 6.45) is 1.09. The van der Waals surface area contributed by atoms with Crippen LogP contribution < -0.4 is 0 Å². The number of hydrogen-bond donors (Lipinski definition) is 0. The Morgan fingerprint density at radius 1 is 1.09 bits per heavy atom. The molecule has 1 nitrogen and oxygen atoms in total. The standard InChI is InChI=1S/C10H16O/c1-7(2)9-5-6-11-10(9)8(3)4/h5-6H2,1-4H3. The fourth-order valence-electron chi connectivity index (χ4n) is 1.38. The van der Waals surface area contributed by atoms with Crippen molar-refractivity contribution in [2.45, 2.75) is 34.1 Å². The molecule has 0 unspecified atom stereocenters. The molecular formula is C10H16O. The molecule has 0 N–H and O–H groups in total. The molecule has 0 atom stereocenters. The molecule has 0 bridgehead atoms. The predicted molar refractivity (Wildman–Crippen MR) is 47.3 cm³/mol. The topological polar surface area (TPSA) is 9.23 Å². The third kappa shape index (κ3) is 1.65. The summed E-state index contributed by atoms with van der Waals surface area (Å²) in [5, 5.41) is 0. The molecule has 0 aliphatic carbocycles. The van der Waals surface area contributed by atoms with Crippen LogP contribution in [0.5, 0.6) is 0 Å². The molecule has 0 amide bonds. The van der Waals surface area contributed by atoms with E-state index in [-0.39, 0.29) is 0 Å². The maximum absolute atomic E-state index is 5.51. The normalized spacial score (nSPS) is 16.7. The first-order valence-electron chi connectivity index (χ1n) is 4.10. The quantitative estimate of drug-likeness (QED) is 0.518. The highest BCUT2D eigenvalue weighted by atomic mass is 16.5. The first-order chi connectivity index (χ1) is 5.13. The predicted octanol–water partition coefficient (Wildman–Crippen LogP) is 3.04. The second kappa shape index (κ2) is 3.12. The van der Waals surface area contributed by atoms with Crippen molar-refractivity contribution in [2.75, 3.05) is 6.61 Å². The number of hydrogen-bond acceptors (Lipinski definition) is 1. The second-order valence-electron chi connectivity index (χ2n) is 3.41. The molecule has 62 valence electrons. The van der Waals surface area contributed by atoms with E-state index >= 15 is 0 Å². The van der Waals surface area contributed by atoms with Gasteiger partial charge < -0.3 is 4.74 Å². The van der Waals surface area contributed by atoms with Crippen LogP contribution in [0, 0.1) is 0 Å². The van der Waals surface area contributed by atoms with Crippen molar-refractivity contribution in [3.8, 4) is 0 Å². The molecule has 1 saturated heterocycles. The zero-order valence-corrected chi connectivity index (χ0v) is 7.82. The highest BCUT2D eigenvalue weighted by Crippen LogP contribution is 2.28. The molecule has 1 rings (SSSR count). The smallest absolute Gasteiger partial charge is 0.121 e. The average Bonchev–Trinajstić information content (AvgIpc) is 2.32. The summed E-state index contributed by atoms with van der Waals surface area (Å²) in [5.74, 6) is 1.13. The summed E-state index contributed by atoms with van der Waals surface area (Å²) >= 11 is 0. The molecule has 0 aromatic rings. The molecule has 0 saturated carbocycles. The summed E-state index contributed by atoms with van der Waals surface area (Å²) in [6.45, 7) is 9.36. The van der Waals surface area contributed by atoms with Gasteiger partial charge in [-0.1, -0.05) is 5.57 Å². The van der Waals surface area contributed by atoms with E-state index in [0.29, 0.717) is 0 Å². The zero-order chi connectivity index (χ0) is 8.43. The third-order valence-corrected chi connectivity index (χ3v) is 1.93. The SMILES string of the molecule is CC(C)=C1CCOC1=C(C)C. The second-order valence-corrected chi connectivity index (χ2v) is 3.41. The lowest BCUT2D eigenvalue weighted by atomic mass is 10.1. The molecule has 1 heterocycles. The minimum atomic E-state index is 0.862. The van der Waals surface area contributed by atoms with Crippen molar-refractivity contribution >= 4 is 0 Å². The van der Waals surface area contributed by atoms with Gasteiger partial charge in [0.25, 0.3) is 0 Å². The van der Waals surface area contributed by atoms with Crippen molar-refractivity contribution in [3.05, 3.63) is 22.5 Å². The summed E-state index contributed by atoms with van der Waals surface area (Å²) < 4.78 is 5.51. The molecular weight excluding hydrogens is 136 g/mol. The van der Waals surface area contributed by atoms with Gasteiger partial charge in [-0.15, -0.1) is 0 Å². The largest absolute Gasteiger partial charge is 0.493 e. The molecule has 0 aromatic heterocycles. The van der Waals surface area contributed by atoms with Crippen LogP contribution in [0.1, 0.15) is 34.1 Å². The Kier molecular flexibility index (Phi) is 2.38. The zero-order valence-electron chi connectivity index (χ0n) is 7.82. The fraction of sp³-hybridized carbons (Fsp3) is 0.600. The summed E-state index contributed by atoms with van der Waals surface area (Å²) in [5.41, 5.74) is 4.09. The highest BCUT2D eigenvalue weighted by Gasteiger charge is 2.16. The van der Waals surface area contributed by atoms with E-state index in [4.69, 9.17) is 4.74 Å². The van der Waals surface area contributed by atoms with Gasteiger partial charge in [0.15, 0.2) is 0 Å². The van der Waals surface area contributed by atoms with Gasteiger partial charge in [-0.05, 0) is 38.8 Å². The molecule has 0 radical (unpaired) electrons. The molecule has 0 spiro atoms. The number of ether oxygens (including phenoxy) is 1. The summed E-state index contributed by atoms with van der Waals surface area (Å²) in [4.78, 5) is 0. The molecule has 1 fully saturated rings. The van der Waals surface area contributed by atoms with Gasteiger partial charge in [-0.2, -0.15) is 0 Å². The van der Waals surface area contributed by atoms with Gasteiger partial charge in [-0.3, -0.25) is 0 Å². The van der Waals surface area contributed by atoms with Crippen LogP contribution in [0.3, 0.4) is 0 Å². The Labute approximate surface area is 68.8 Å². The van der Waals surface area contributed by atoms with Crippen molar-refractivity contribution in [2.24, 2.45) is 0 Å². The van der Waals surface area contributed by atoms with Crippen LogP contribution in [0.25, 0.3) is 0 Å². The Morgan fingerprint density at radius 3 is 2.09 bits per heavy atom. The van der Waals surface area contributed by atoms with Crippen molar-refractivity contribution in [3.63, 3.8) is 0 Å². The molecule has 1 aliphatic rings. The van der Waals surface area contributed by atoms with Crippen LogP contribution in [-0.4, -0.2) is 6.61 Å². The van der Waals surface area contributed by atoms with Crippen LogP contribution in [0.15, 0.2) is 22.5 Å². The van der Waals surface area contributed by atoms with Crippen LogP contribution in [0.4, 0.5) is 0 Å². The first kappa shape index (κ1) is 8.38. The van der Waals surface area contributed by atoms with Gasteiger partial charge in [0, 0.05) is 6.42 Å². The van der Waals surface area contributed by atoms with Gasteiger partial charge in [0.1, 0.15) is 5.76 Å². The molecule has 0 aromatic carbocycles. The van der Waals surface area contributed by atoms with Crippen LogP contribution in [-0.2, 0) is 4.74 Å². The lowest BCUT2D eigenvalue weighted by Crippen LogP contribution is -1.87. The Balaban J connectivity index is 3.01. The Bertz CT molecular complexity index is 189. The van der Waals surface area contributed by atoms with E-state index in [1.54, 1.807) is 0 Å². The molecule has 11 heavy (non-hydrogen) atoms. The lowest BCUT2D eigenvalue weighted by Gasteiger charge is -2.04. The minimum Gasteiger partial charge on any atom is -0.493 e. The monoisotopic (exact) mass is 152 g/mol. The van der Waals surface area contributed by atoms with Crippen LogP contribution >= 0.6 is 0 Å². The maximum atomic E-state index is 5.51. The van der Waals surface area contributed by atoms with E-state index in [0.717, 1.165) is 18.8 Å². The van der Waals surface area contributed by atoms with Crippen LogP contribution in [0.2, 0.25) is 0 Å². The van der Waals surface area contributed by atoms with E-state index in [1.807, 2.05) is 0 Å². The lowest BCUT2D eigenvalue weighted by molar-refractivity contribution is 0.262. The van der Waals surface area contributed by atoms with Crippen molar-refractivity contribution < 1.29 is 4.74 Å². The van der Waals surface area contributed by atoms with E-state index in [2.05, 4.69) is 27.7 Å². The van der Waals surface area contributed by atoms with E-state index < -0.39 is 0 Å². The van der Waals surface area contributed by atoms with Gasteiger partial charge >= 0.3 is 0 Å². The summed E-state index contributed by atoms with van der Waals surface area (Å²) in [6, 6.07) is 0. The Morgan fingerprint density at radius 2 is 1.73 bits per heavy atom. The number of allylic oxidation sites excluding steroid dienone is 3. The summed E-state index contributed by atoms with van der Waals surface area (Å²) in [7, 11) is 0. The number of rotatable bonds is 0. The minimum absolute atomic E-state index is 0.862. The first-order valence-corrected chi connectivity index (χ1v) is 4.10. The highest BCUT2D eigenvalue weighted by molar-refractivity contribution is 5.35. The molecule has 1 heteroatoms.